The first kappa shape index (κ1) is 15.9. The molecule has 5 heteroatoms. The van der Waals surface area contributed by atoms with Gasteiger partial charge < -0.3 is 10.1 Å². The lowest BCUT2D eigenvalue weighted by Crippen LogP contribution is -2.24. The van der Waals surface area contributed by atoms with Crippen LogP contribution in [0.2, 0.25) is 0 Å². The SMILES string of the molecule is CCCNC(c1cncc(OC)c1)c1cc(Br)ccc1F. The van der Waals surface area contributed by atoms with E-state index < -0.39 is 0 Å². The van der Waals surface area contributed by atoms with Crippen molar-refractivity contribution in [1.29, 1.82) is 0 Å². The van der Waals surface area contributed by atoms with Crippen molar-refractivity contribution in [1.82, 2.24) is 10.3 Å². The largest absolute Gasteiger partial charge is 0.495 e. The van der Waals surface area contributed by atoms with Crippen LogP contribution < -0.4 is 10.1 Å². The lowest BCUT2D eigenvalue weighted by molar-refractivity contribution is 0.411. The van der Waals surface area contributed by atoms with Crippen molar-refractivity contribution in [3.8, 4) is 5.75 Å². The molecule has 0 saturated carbocycles. The van der Waals surface area contributed by atoms with E-state index in [2.05, 4.69) is 33.2 Å². The number of methoxy groups -OCH3 is 1. The first-order valence-electron chi connectivity index (χ1n) is 6.83. The Labute approximate surface area is 132 Å². The van der Waals surface area contributed by atoms with Crippen LogP contribution in [-0.4, -0.2) is 18.6 Å². The average molecular weight is 353 g/mol. The fourth-order valence-corrected chi connectivity index (χ4v) is 2.52. The van der Waals surface area contributed by atoms with E-state index in [9.17, 15) is 4.39 Å². The van der Waals surface area contributed by atoms with E-state index in [-0.39, 0.29) is 11.9 Å². The van der Waals surface area contributed by atoms with Gasteiger partial charge in [-0.25, -0.2) is 4.39 Å². The summed E-state index contributed by atoms with van der Waals surface area (Å²) in [4.78, 5) is 4.16. The van der Waals surface area contributed by atoms with Crippen LogP contribution in [0.4, 0.5) is 4.39 Å². The fraction of sp³-hybridized carbons (Fsp3) is 0.312. The van der Waals surface area contributed by atoms with Crippen LogP contribution in [0.5, 0.6) is 5.75 Å². The zero-order valence-corrected chi connectivity index (χ0v) is 13.7. The Kier molecular flexibility index (Phi) is 5.70. The van der Waals surface area contributed by atoms with Crippen molar-refractivity contribution in [2.45, 2.75) is 19.4 Å². The van der Waals surface area contributed by atoms with Crippen LogP contribution in [0.1, 0.15) is 30.5 Å². The van der Waals surface area contributed by atoms with Crippen LogP contribution in [0.25, 0.3) is 0 Å². The highest BCUT2D eigenvalue weighted by Crippen LogP contribution is 2.28. The van der Waals surface area contributed by atoms with Crippen LogP contribution in [-0.2, 0) is 0 Å². The predicted octanol–water partition coefficient (Wildman–Crippen LogP) is 4.08. The molecule has 0 aliphatic carbocycles. The zero-order valence-electron chi connectivity index (χ0n) is 12.1. The molecule has 0 bridgehead atoms. The molecule has 1 atom stereocenters. The summed E-state index contributed by atoms with van der Waals surface area (Å²) in [7, 11) is 1.59. The molecular weight excluding hydrogens is 335 g/mol. The number of rotatable bonds is 6. The van der Waals surface area contributed by atoms with Crippen molar-refractivity contribution in [3.05, 3.63) is 58.1 Å². The minimum Gasteiger partial charge on any atom is -0.495 e. The first-order chi connectivity index (χ1) is 10.2. The third kappa shape index (κ3) is 4.02. The van der Waals surface area contributed by atoms with E-state index in [1.165, 1.54) is 6.07 Å². The molecule has 1 unspecified atom stereocenters. The second-order valence-corrected chi connectivity index (χ2v) is 5.63. The summed E-state index contributed by atoms with van der Waals surface area (Å²) < 4.78 is 20.3. The average Bonchev–Trinajstić information content (AvgIpc) is 2.51. The van der Waals surface area contributed by atoms with Gasteiger partial charge in [-0.3, -0.25) is 4.98 Å². The number of benzene rings is 1. The van der Waals surface area contributed by atoms with E-state index in [4.69, 9.17) is 4.74 Å². The van der Waals surface area contributed by atoms with Crippen LogP contribution in [0, 0.1) is 5.82 Å². The minimum absolute atomic E-state index is 0.241. The quantitative estimate of drug-likeness (QED) is 0.850. The Morgan fingerprint density at radius 3 is 2.86 bits per heavy atom. The molecule has 1 heterocycles. The Hall–Kier alpha value is -1.46. The van der Waals surface area contributed by atoms with Gasteiger partial charge in [-0.2, -0.15) is 0 Å². The Bertz CT molecular complexity index is 607. The lowest BCUT2D eigenvalue weighted by Gasteiger charge is -2.20. The highest BCUT2D eigenvalue weighted by molar-refractivity contribution is 9.10. The number of nitrogens with zero attached hydrogens (tertiary/aromatic N) is 1. The van der Waals surface area contributed by atoms with E-state index in [0.29, 0.717) is 11.3 Å². The van der Waals surface area contributed by atoms with Gasteiger partial charge in [0.15, 0.2) is 0 Å². The molecule has 21 heavy (non-hydrogen) atoms. The molecule has 1 N–H and O–H groups in total. The summed E-state index contributed by atoms with van der Waals surface area (Å²) in [5, 5.41) is 3.36. The number of pyridine rings is 1. The molecule has 0 amide bonds. The number of ether oxygens (including phenoxy) is 1. The minimum atomic E-state index is -0.259. The van der Waals surface area contributed by atoms with Crippen molar-refractivity contribution in [3.63, 3.8) is 0 Å². The van der Waals surface area contributed by atoms with Crippen molar-refractivity contribution in [2.24, 2.45) is 0 Å². The summed E-state index contributed by atoms with van der Waals surface area (Å²) in [5.41, 5.74) is 1.47. The van der Waals surface area contributed by atoms with Crippen LogP contribution >= 0.6 is 15.9 Å². The van der Waals surface area contributed by atoms with E-state index in [1.807, 2.05) is 6.07 Å². The van der Waals surface area contributed by atoms with Gasteiger partial charge in [0.05, 0.1) is 19.3 Å². The smallest absolute Gasteiger partial charge is 0.137 e. The molecular formula is C16H18BrFN2O. The summed E-state index contributed by atoms with van der Waals surface area (Å²) >= 11 is 3.40. The molecule has 1 aromatic heterocycles. The van der Waals surface area contributed by atoms with E-state index in [1.54, 1.807) is 31.6 Å². The molecule has 2 rings (SSSR count). The summed E-state index contributed by atoms with van der Waals surface area (Å²) in [6, 6.07) is 6.57. The maximum Gasteiger partial charge on any atom is 0.137 e. The summed E-state index contributed by atoms with van der Waals surface area (Å²) in [6.45, 7) is 2.86. The van der Waals surface area contributed by atoms with Gasteiger partial charge in [-0.15, -0.1) is 0 Å². The molecule has 0 aliphatic rings. The third-order valence-corrected chi connectivity index (χ3v) is 3.66. The molecule has 112 valence electrons. The zero-order chi connectivity index (χ0) is 15.2. The number of hydrogen-bond acceptors (Lipinski definition) is 3. The van der Waals surface area contributed by atoms with Gasteiger partial charge in [0, 0.05) is 16.2 Å². The van der Waals surface area contributed by atoms with Gasteiger partial charge >= 0.3 is 0 Å². The molecule has 1 aromatic carbocycles. The predicted molar refractivity (Wildman–Crippen MR) is 85.0 cm³/mol. The highest BCUT2D eigenvalue weighted by atomic mass is 79.9. The number of nitrogens with one attached hydrogen (secondary N) is 1. The van der Waals surface area contributed by atoms with Gasteiger partial charge in [-0.05, 0) is 42.8 Å². The van der Waals surface area contributed by atoms with Gasteiger partial charge in [0.1, 0.15) is 11.6 Å². The molecule has 0 saturated heterocycles. The van der Waals surface area contributed by atoms with Crippen molar-refractivity contribution in [2.75, 3.05) is 13.7 Å². The standard InChI is InChI=1S/C16H18BrFN2O/c1-3-6-20-16(11-7-13(21-2)10-19-9-11)14-8-12(17)4-5-15(14)18/h4-5,7-10,16,20H,3,6H2,1-2H3. The summed E-state index contributed by atoms with van der Waals surface area (Å²) in [5.74, 6) is 0.417. The molecule has 0 fully saturated rings. The van der Waals surface area contributed by atoms with Gasteiger partial charge in [0.25, 0.3) is 0 Å². The summed E-state index contributed by atoms with van der Waals surface area (Å²) in [6.07, 6.45) is 4.33. The van der Waals surface area contributed by atoms with Crippen molar-refractivity contribution < 1.29 is 9.13 Å². The number of hydrogen-bond donors (Lipinski definition) is 1. The monoisotopic (exact) mass is 352 g/mol. The molecule has 2 aromatic rings. The van der Waals surface area contributed by atoms with E-state index >= 15 is 0 Å². The highest BCUT2D eigenvalue weighted by Gasteiger charge is 2.18. The molecule has 3 nitrogen and oxygen atoms in total. The maximum atomic E-state index is 14.2. The Balaban J connectivity index is 2.44. The second-order valence-electron chi connectivity index (χ2n) is 4.71. The van der Waals surface area contributed by atoms with Gasteiger partial charge in [-0.1, -0.05) is 22.9 Å². The molecule has 0 radical (unpaired) electrons. The first-order valence-corrected chi connectivity index (χ1v) is 7.62. The number of halogens is 2. The van der Waals surface area contributed by atoms with Crippen LogP contribution in [0.3, 0.4) is 0 Å². The third-order valence-electron chi connectivity index (χ3n) is 3.17. The Morgan fingerprint density at radius 1 is 1.33 bits per heavy atom. The lowest BCUT2D eigenvalue weighted by atomic mass is 9.99. The maximum absolute atomic E-state index is 14.2. The van der Waals surface area contributed by atoms with Crippen molar-refractivity contribution >= 4 is 15.9 Å². The van der Waals surface area contributed by atoms with Gasteiger partial charge in [0.2, 0.25) is 0 Å². The normalized spacial score (nSPS) is 12.2. The molecule has 0 aliphatic heterocycles. The topological polar surface area (TPSA) is 34.2 Å². The fourth-order valence-electron chi connectivity index (χ4n) is 2.14. The van der Waals surface area contributed by atoms with Crippen LogP contribution in [0.15, 0.2) is 41.1 Å². The Morgan fingerprint density at radius 2 is 2.14 bits per heavy atom. The molecule has 0 spiro atoms. The number of aromatic nitrogens is 1. The second kappa shape index (κ2) is 7.52. The van der Waals surface area contributed by atoms with E-state index in [0.717, 1.165) is 23.0 Å².